The van der Waals surface area contributed by atoms with Crippen molar-refractivity contribution in [2.75, 3.05) is 45.9 Å². The summed E-state index contributed by atoms with van der Waals surface area (Å²) in [5, 5.41) is 3.04. The Hall–Kier alpha value is -2.26. The number of likely N-dealkylation sites (N-methyl/N-ethyl adjacent to an activating group) is 1. The summed E-state index contributed by atoms with van der Waals surface area (Å²) in [6.07, 6.45) is 0. The number of benzene rings is 2. The van der Waals surface area contributed by atoms with E-state index in [1.165, 1.54) is 10.4 Å². The summed E-state index contributed by atoms with van der Waals surface area (Å²) in [6, 6.07) is 14.9. The van der Waals surface area contributed by atoms with Gasteiger partial charge in [0.05, 0.1) is 24.2 Å². The van der Waals surface area contributed by atoms with Crippen molar-refractivity contribution in [3.8, 4) is 0 Å². The van der Waals surface area contributed by atoms with Gasteiger partial charge in [-0.3, -0.25) is 9.69 Å². The second-order valence-electron chi connectivity index (χ2n) is 7.85. The minimum Gasteiger partial charge on any atom is -0.379 e. The van der Waals surface area contributed by atoms with Crippen molar-refractivity contribution in [2.24, 2.45) is 0 Å². The van der Waals surface area contributed by atoms with Crippen molar-refractivity contribution in [1.29, 1.82) is 0 Å². The monoisotopic (exact) mass is 459 g/mol. The Morgan fingerprint density at radius 3 is 2.38 bits per heavy atom. The number of carbonyl (C=O) groups excluding carboxylic acids is 1. The smallest absolute Gasteiger partial charge is 0.251 e. The molecule has 0 unspecified atom stereocenters. The van der Waals surface area contributed by atoms with Gasteiger partial charge in [-0.15, -0.1) is 0 Å². The third-order valence-corrected chi connectivity index (χ3v) is 7.85. The van der Waals surface area contributed by atoms with E-state index in [1.807, 2.05) is 25.1 Å². The van der Waals surface area contributed by atoms with Crippen molar-refractivity contribution in [2.45, 2.75) is 31.7 Å². The largest absolute Gasteiger partial charge is 0.379 e. The van der Waals surface area contributed by atoms with Gasteiger partial charge in [0.25, 0.3) is 5.91 Å². The lowest BCUT2D eigenvalue weighted by Crippen LogP contribution is -2.40. The van der Waals surface area contributed by atoms with Crippen molar-refractivity contribution in [1.82, 2.24) is 14.5 Å². The fraction of sp³-hybridized carbons (Fsp3) is 0.458. The molecule has 0 aliphatic carbocycles. The quantitative estimate of drug-likeness (QED) is 0.624. The number of morpholine rings is 1. The van der Waals surface area contributed by atoms with Gasteiger partial charge >= 0.3 is 0 Å². The van der Waals surface area contributed by atoms with Crippen molar-refractivity contribution in [3.05, 3.63) is 65.2 Å². The van der Waals surface area contributed by atoms with Crippen LogP contribution in [0.1, 0.15) is 41.4 Å². The lowest BCUT2D eigenvalue weighted by atomic mass is 10.0. The van der Waals surface area contributed by atoms with Crippen LogP contribution in [0.25, 0.3) is 0 Å². The molecule has 174 valence electrons. The number of hydrogen-bond acceptors (Lipinski definition) is 5. The van der Waals surface area contributed by atoms with Gasteiger partial charge in [-0.2, -0.15) is 4.31 Å². The number of nitrogens with zero attached hydrogens (tertiary/aromatic N) is 2. The maximum absolute atomic E-state index is 13.1. The average Bonchev–Trinajstić information content (AvgIpc) is 2.82. The minimum atomic E-state index is -3.67. The number of carbonyl (C=O) groups is 1. The van der Waals surface area contributed by atoms with Crippen LogP contribution in [0.5, 0.6) is 0 Å². The second kappa shape index (κ2) is 11.0. The molecule has 0 radical (unpaired) electrons. The molecule has 0 aromatic heterocycles. The highest BCUT2D eigenvalue weighted by Crippen LogP contribution is 2.22. The summed E-state index contributed by atoms with van der Waals surface area (Å²) < 4.78 is 32.7. The Bertz CT molecular complexity index is 1000. The molecule has 32 heavy (non-hydrogen) atoms. The predicted molar refractivity (Wildman–Crippen MR) is 125 cm³/mol. The Morgan fingerprint density at radius 2 is 1.75 bits per heavy atom. The molecule has 1 saturated heterocycles. The van der Waals surface area contributed by atoms with E-state index < -0.39 is 10.0 Å². The number of hydrogen-bond donors (Lipinski definition) is 1. The van der Waals surface area contributed by atoms with Gasteiger partial charge in [-0.05, 0) is 43.3 Å². The zero-order valence-electron chi connectivity index (χ0n) is 19.1. The Kier molecular flexibility index (Phi) is 8.42. The van der Waals surface area contributed by atoms with Crippen molar-refractivity contribution in [3.63, 3.8) is 0 Å². The minimum absolute atomic E-state index is 0.0377. The molecule has 0 bridgehead atoms. The number of ether oxygens (including phenoxy) is 1. The number of sulfonamides is 1. The van der Waals surface area contributed by atoms with Gasteiger partial charge in [0, 0.05) is 25.2 Å². The zero-order chi connectivity index (χ0) is 23.1. The highest BCUT2D eigenvalue weighted by atomic mass is 32.2. The zero-order valence-corrected chi connectivity index (χ0v) is 19.9. The standard InChI is InChI=1S/C24H33N3O4S/c1-4-26(5-2)23(20-9-7-6-8-10-20)18-25-24(28)22-17-21(12-11-19(22)3)32(29,30)27-13-15-31-16-14-27/h6-12,17,23H,4-5,13-16,18H2,1-3H3,(H,25,28)/t23-/m0/s1. The van der Waals surface area contributed by atoms with Crippen molar-refractivity contribution < 1.29 is 17.9 Å². The first-order valence-corrected chi connectivity index (χ1v) is 12.6. The van der Waals surface area contributed by atoms with E-state index in [2.05, 4.69) is 36.2 Å². The average molecular weight is 460 g/mol. The molecule has 1 N–H and O–H groups in total. The first-order valence-electron chi connectivity index (χ1n) is 11.1. The summed E-state index contributed by atoms with van der Waals surface area (Å²) in [7, 11) is -3.67. The van der Waals surface area contributed by atoms with E-state index >= 15 is 0 Å². The Balaban J connectivity index is 1.80. The Labute approximate surface area is 191 Å². The molecule has 2 aromatic carbocycles. The molecule has 1 atom stereocenters. The lowest BCUT2D eigenvalue weighted by molar-refractivity contribution is 0.0730. The van der Waals surface area contributed by atoms with Crippen molar-refractivity contribution >= 4 is 15.9 Å². The highest BCUT2D eigenvalue weighted by molar-refractivity contribution is 7.89. The lowest BCUT2D eigenvalue weighted by Gasteiger charge is -2.30. The van der Waals surface area contributed by atoms with E-state index in [1.54, 1.807) is 12.1 Å². The van der Waals surface area contributed by atoms with Crippen LogP contribution in [0.15, 0.2) is 53.4 Å². The first-order chi connectivity index (χ1) is 15.4. The summed E-state index contributed by atoms with van der Waals surface area (Å²) in [6.45, 7) is 9.58. The molecular formula is C24H33N3O4S. The van der Waals surface area contributed by atoms with Crippen LogP contribution in [0, 0.1) is 6.92 Å². The number of amides is 1. The van der Waals surface area contributed by atoms with E-state index in [-0.39, 0.29) is 16.8 Å². The van der Waals surface area contributed by atoms with Crippen LogP contribution in [0.2, 0.25) is 0 Å². The van der Waals surface area contributed by atoms with E-state index in [0.29, 0.717) is 38.4 Å². The number of nitrogens with one attached hydrogen (secondary N) is 1. The van der Waals surface area contributed by atoms with Crippen LogP contribution in [-0.4, -0.2) is 69.5 Å². The van der Waals surface area contributed by atoms with Gasteiger partial charge in [0.2, 0.25) is 10.0 Å². The predicted octanol–water partition coefficient (Wildman–Crippen LogP) is 2.83. The first kappa shape index (κ1) is 24.4. The van der Waals surface area contributed by atoms with Crippen LogP contribution < -0.4 is 5.32 Å². The summed E-state index contributed by atoms with van der Waals surface area (Å²) in [5.74, 6) is -0.269. The maximum Gasteiger partial charge on any atom is 0.251 e. The molecule has 7 nitrogen and oxygen atoms in total. The van der Waals surface area contributed by atoms with Gasteiger partial charge in [0.15, 0.2) is 0 Å². The molecule has 2 aromatic rings. The highest BCUT2D eigenvalue weighted by Gasteiger charge is 2.27. The van der Waals surface area contributed by atoms with E-state index in [9.17, 15) is 13.2 Å². The van der Waals surface area contributed by atoms with Crippen LogP contribution in [0.3, 0.4) is 0 Å². The fourth-order valence-corrected chi connectivity index (χ4v) is 5.46. The van der Waals surface area contributed by atoms with Crippen LogP contribution in [-0.2, 0) is 14.8 Å². The molecule has 1 aliphatic heterocycles. The number of aryl methyl sites for hydroxylation is 1. The summed E-state index contributed by atoms with van der Waals surface area (Å²) in [4.78, 5) is 15.5. The molecule has 1 fully saturated rings. The molecule has 3 rings (SSSR count). The molecule has 1 aliphatic rings. The third kappa shape index (κ3) is 5.56. The molecule has 1 amide bonds. The van der Waals surface area contributed by atoms with Crippen LogP contribution >= 0.6 is 0 Å². The van der Waals surface area contributed by atoms with E-state index in [0.717, 1.165) is 24.2 Å². The SMILES string of the molecule is CCN(CC)[C@@H](CNC(=O)c1cc(S(=O)(=O)N2CCOCC2)ccc1C)c1ccccc1. The van der Waals surface area contributed by atoms with Gasteiger partial charge < -0.3 is 10.1 Å². The molecular weight excluding hydrogens is 426 g/mol. The second-order valence-corrected chi connectivity index (χ2v) is 9.79. The van der Waals surface area contributed by atoms with Gasteiger partial charge in [-0.25, -0.2) is 8.42 Å². The molecule has 8 heteroatoms. The van der Waals surface area contributed by atoms with Gasteiger partial charge in [-0.1, -0.05) is 50.2 Å². The summed E-state index contributed by atoms with van der Waals surface area (Å²) in [5.41, 5.74) is 2.25. The summed E-state index contributed by atoms with van der Waals surface area (Å²) >= 11 is 0. The topological polar surface area (TPSA) is 79.0 Å². The normalized spacial score (nSPS) is 16.1. The van der Waals surface area contributed by atoms with Gasteiger partial charge in [0.1, 0.15) is 0 Å². The Morgan fingerprint density at radius 1 is 1.09 bits per heavy atom. The fourth-order valence-electron chi connectivity index (χ4n) is 4.02. The third-order valence-electron chi connectivity index (χ3n) is 5.95. The van der Waals surface area contributed by atoms with Crippen LogP contribution in [0.4, 0.5) is 0 Å². The molecule has 0 spiro atoms. The number of rotatable bonds is 9. The molecule has 1 heterocycles. The molecule has 0 saturated carbocycles. The maximum atomic E-state index is 13.1. The van der Waals surface area contributed by atoms with E-state index in [4.69, 9.17) is 4.74 Å².